The van der Waals surface area contributed by atoms with E-state index < -0.39 is 0 Å². The van der Waals surface area contributed by atoms with Gasteiger partial charge in [-0.3, -0.25) is 4.57 Å². The van der Waals surface area contributed by atoms with Crippen molar-refractivity contribution in [3.63, 3.8) is 0 Å². The fourth-order valence-corrected chi connectivity index (χ4v) is 3.45. The highest BCUT2D eigenvalue weighted by atomic mass is 79.9. The summed E-state index contributed by atoms with van der Waals surface area (Å²) in [4.78, 5) is 11.6. The predicted octanol–water partition coefficient (Wildman–Crippen LogP) is 3.10. The standard InChI is InChI=1S/C12H11BrFN3OS/c13-10-7(2-1-3-9(10)14)6-19-12-16-15-11(18)17(12)8-4-5-8/h1-3,8H,4-6H2,(H,15,18). The van der Waals surface area contributed by atoms with E-state index in [0.717, 1.165) is 18.4 Å². The third-order valence-corrected chi connectivity index (χ3v) is 4.86. The largest absolute Gasteiger partial charge is 0.344 e. The quantitative estimate of drug-likeness (QED) is 0.868. The van der Waals surface area contributed by atoms with Crippen LogP contribution >= 0.6 is 27.7 Å². The van der Waals surface area contributed by atoms with Gasteiger partial charge in [0.15, 0.2) is 5.16 Å². The third-order valence-electron chi connectivity index (χ3n) is 2.97. The van der Waals surface area contributed by atoms with E-state index in [9.17, 15) is 9.18 Å². The second-order valence-corrected chi connectivity index (χ2v) is 6.15. The van der Waals surface area contributed by atoms with Gasteiger partial charge in [0.1, 0.15) is 5.82 Å². The molecule has 0 aliphatic heterocycles. The number of rotatable bonds is 4. The maximum Gasteiger partial charge on any atom is 0.344 e. The molecule has 4 nitrogen and oxygen atoms in total. The Morgan fingerprint density at radius 1 is 1.53 bits per heavy atom. The number of nitrogens with one attached hydrogen (secondary N) is 1. The number of benzene rings is 1. The Labute approximate surface area is 121 Å². The minimum absolute atomic E-state index is 0.164. The Morgan fingerprint density at radius 3 is 3.05 bits per heavy atom. The lowest BCUT2D eigenvalue weighted by Gasteiger charge is -2.05. The normalized spacial score (nSPS) is 14.8. The zero-order valence-corrected chi connectivity index (χ0v) is 12.3. The molecular formula is C12H11BrFN3OS. The van der Waals surface area contributed by atoms with Gasteiger partial charge in [-0.25, -0.2) is 14.3 Å². The summed E-state index contributed by atoms with van der Waals surface area (Å²) in [6, 6.07) is 5.22. The van der Waals surface area contributed by atoms with Gasteiger partial charge in [0.05, 0.1) is 4.47 Å². The van der Waals surface area contributed by atoms with E-state index in [1.54, 1.807) is 10.6 Å². The van der Waals surface area contributed by atoms with Gasteiger partial charge < -0.3 is 0 Å². The molecule has 0 unspecified atom stereocenters. The summed E-state index contributed by atoms with van der Waals surface area (Å²) in [5.41, 5.74) is 0.686. The lowest BCUT2D eigenvalue weighted by molar-refractivity contribution is 0.619. The lowest BCUT2D eigenvalue weighted by Crippen LogP contribution is -2.16. The molecule has 0 atom stereocenters. The SMILES string of the molecule is O=c1[nH]nc(SCc2cccc(F)c2Br)n1C1CC1. The molecule has 2 aromatic rings. The molecule has 0 spiro atoms. The van der Waals surface area contributed by atoms with Crippen LogP contribution < -0.4 is 5.69 Å². The fourth-order valence-electron chi connectivity index (χ4n) is 1.85. The maximum absolute atomic E-state index is 13.4. The fraction of sp³-hybridized carbons (Fsp3) is 0.333. The first-order chi connectivity index (χ1) is 9.16. The van der Waals surface area contributed by atoms with Crippen molar-refractivity contribution in [3.8, 4) is 0 Å². The summed E-state index contributed by atoms with van der Waals surface area (Å²) in [6.07, 6.45) is 2.05. The van der Waals surface area contributed by atoms with Crippen LogP contribution in [0.25, 0.3) is 0 Å². The highest BCUT2D eigenvalue weighted by Crippen LogP contribution is 2.37. The number of H-pyrrole nitrogens is 1. The van der Waals surface area contributed by atoms with Crippen LogP contribution in [-0.2, 0) is 5.75 Å². The molecule has 1 aromatic carbocycles. The second-order valence-electron chi connectivity index (χ2n) is 4.41. The first-order valence-corrected chi connectivity index (χ1v) is 7.67. The molecule has 0 amide bonds. The van der Waals surface area contributed by atoms with Gasteiger partial charge in [-0.15, -0.1) is 5.10 Å². The molecule has 0 saturated heterocycles. The van der Waals surface area contributed by atoms with Crippen LogP contribution in [0.4, 0.5) is 4.39 Å². The molecule has 0 radical (unpaired) electrons. The monoisotopic (exact) mass is 343 g/mol. The van der Waals surface area contributed by atoms with Crippen LogP contribution in [-0.4, -0.2) is 14.8 Å². The molecule has 3 rings (SSSR count). The Bertz CT molecular complexity index is 665. The Balaban J connectivity index is 1.79. The van der Waals surface area contributed by atoms with Gasteiger partial charge in [-0.2, -0.15) is 0 Å². The molecule has 0 bridgehead atoms. The second kappa shape index (κ2) is 5.13. The van der Waals surface area contributed by atoms with Crippen LogP contribution in [0, 0.1) is 5.82 Å². The number of hydrogen-bond donors (Lipinski definition) is 1. The van der Waals surface area contributed by atoms with E-state index in [1.807, 2.05) is 6.07 Å². The Hall–Kier alpha value is -1.08. The van der Waals surface area contributed by atoms with E-state index >= 15 is 0 Å². The topological polar surface area (TPSA) is 50.7 Å². The van der Waals surface area contributed by atoms with Gasteiger partial charge in [-0.1, -0.05) is 23.9 Å². The van der Waals surface area contributed by atoms with Crippen molar-refractivity contribution >= 4 is 27.7 Å². The van der Waals surface area contributed by atoms with Crippen molar-refractivity contribution < 1.29 is 4.39 Å². The maximum atomic E-state index is 13.4. The van der Waals surface area contributed by atoms with Crippen LogP contribution in [0.1, 0.15) is 24.4 Å². The van der Waals surface area contributed by atoms with Gasteiger partial charge in [0.25, 0.3) is 0 Å². The predicted molar refractivity (Wildman–Crippen MR) is 74.8 cm³/mol. The molecule has 1 fully saturated rings. The number of nitrogens with zero attached hydrogens (tertiary/aromatic N) is 2. The molecule has 7 heteroatoms. The minimum atomic E-state index is -0.278. The smallest absolute Gasteiger partial charge is 0.267 e. The molecule has 1 N–H and O–H groups in total. The average molecular weight is 344 g/mol. The van der Waals surface area contributed by atoms with Crippen molar-refractivity contribution in [2.75, 3.05) is 0 Å². The molecule has 1 aromatic heterocycles. The van der Waals surface area contributed by atoms with E-state index in [0.29, 0.717) is 15.4 Å². The van der Waals surface area contributed by atoms with Gasteiger partial charge in [0.2, 0.25) is 0 Å². The highest BCUT2D eigenvalue weighted by Gasteiger charge is 2.28. The molecule has 1 aliphatic carbocycles. The average Bonchev–Trinajstić information content (AvgIpc) is 3.16. The van der Waals surface area contributed by atoms with Crippen LogP contribution in [0.2, 0.25) is 0 Å². The Kier molecular flexibility index (Phi) is 3.49. The van der Waals surface area contributed by atoms with E-state index in [-0.39, 0.29) is 17.5 Å². The highest BCUT2D eigenvalue weighted by molar-refractivity contribution is 9.10. The summed E-state index contributed by atoms with van der Waals surface area (Å²) in [5.74, 6) is 0.287. The molecular weight excluding hydrogens is 333 g/mol. The van der Waals surface area contributed by atoms with E-state index in [2.05, 4.69) is 26.1 Å². The zero-order valence-electron chi connectivity index (χ0n) is 9.90. The summed E-state index contributed by atoms with van der Waals surface area (Å²) in [7, 11) is 0. The number of halogens is 2. The summed E-state index contributed by atoms with van der Waals surface area (Å²) < 4.78 is 15.6. The van der Waals surface area contributed by atoms with Crippen molar-refractivity contribution in [1.29, 1.82) is 0 Å². The number of aromatic amines is 1. The molecule has 1 saturated carbocycles. The lowest BCUT2D eigenvalue weighted by atomic mass is 10.2. The number of aromatic nitrogens is 3. The van der Waals surface area contributed by atoms with Gasteiger partial charge in [0, 0.05) is 11.8 Å². The van der Waals surface area contributed by atoms with Crippen molar-refractivity contribution in [2.24, 2.45) is 0 Å². The van der Waals surface area contributed by atoms with Crippen molar-refractivity contribution in [1.82, 2.24) is 14.8 Å². The first-order valence-electron chi connectivity index (χ1n) is 5.89. The van der Waals surface area contributed by atoms with Crippen molar-refractivity contribution in [3.05, 3.63) is 44.5 Å². The molecule has 1 aliphatic rings. The van der Waals surface area contributed by atoms with Crippen LogP contribution in [0.3, 0.4) is 0 Å². The first kappa shape index (κ1) is 12.9. The number of thioether (sulfide) groups is 1. The number of hydrogen-bond acceptors (Lipinski definition) is 3. The third kappa shape index (κ3) is 2.62. The minimum Gasteiger partial charge on any atom is -0.267 e. The van der Waals surface area contributed by atoms with Gasteiger partial charge >= 0.3 is 5.69 Å². The van der Waals surface area contributed by atoms with Crippen LogP contribution in [0.5, 0.6) is 0 Å². The zero-order chi connectivity index (χ0) is 13.4. The van der Waals surface area contributed by atoms with Crippen molar-refractivity contribution in [2.45, 2.75) is 29.8 Å². The molecule has 1 heterocycles. The van der Waals surface area contributed by atoms with E-state index in [4.69, 9.17) is 0 Å². The van der Waals surface area contributed by atoms with Gasteiger partial charge in [-0.05, 0) is 40.4 Å². The Morgan fingerprint density at radius 2 is 2.32 bits per heavy atom. The summed E-state index contributed by atoms with van der Waals surface area (Å²) in [6.45, 7) is 0. The summed E-state index contributed by atoms with van der Waals surface area (Å²) >= 11 is 4.67. The van der Waals surface area contributed by atoms with E-state index in [1.165, 1.54) is 17.8 Å². The molecule has 19 heavy (non-hydrogen) atoms. The summed E-state index contributed by atoms with van der Waals surface area (Å²) in [5, 5.41) is 7.17. The molecule has 100 valence electrons. The van der Waals surface area contributed by atoms with Crippen LogP contribution in [0.15, 0.2) is 32.6 Å².